The SMILES string of the molecule is CC(C)(C)[Si](NS(=O)(=O)CCCl)(c1ccccc1)c1ccccc1. The van der Waals surface area contributed by atoms with Gasteiger partial charge >= 0.3 is 0 Å². The third-order valence-electron chi connectivity index (χ3n) is 4.19. The minimum atomic E-state index is -3.49. The third kappa shape index (κ3) is 3.91. The van der Waals surface area contributed by atoms with Gasteiger partial charge in [0.15, 0.2) is 0 Å². The average Bonchev–Trinajstić information content (AvgIpc) is 2.53. The largest absolute Gasteiger partial charge is 0.227 e. The smallest absolute Gasteiger partial charge is 0.210 e. The highest BCUT2D eigenvalue weighted by Gasteiger charge is 2.50. The van der Waals surface area contributed by atoms with E-state index >= 15 is 0 Å². The molecule has 0 bridgehead atoms. The number of rotatable bonds is 6. The number of benzene rings is 2. The van der Waals surface area contributed by atoms with Gasteiger partial charge in [0.1, 0.15) is 0 Å². The first-order valence-electron chi connectivity index (χ1n) is 7.91. The average molecular weight is 382 g/mol. The molecule has 2 rings (SSSR count). The molecular weight excluding hydrogens is 358 g/mol. The summed E-state index contributed by atoms with van der Waals surface area (Å²) >= 11 is 5.72. The van der Waals surface area contributed by atoms with E-state index < -0.39 is 18.3 Å². The molecule has 0 spiro atoms. The van der Waals surface area contributed by atoms with Crippen molar-refractivity contribution in [1.82, 2.24) is 4.39 Å². The van der Waals surface area contributed by atoms with Crippen molar-refractivity contribution in [3.8, 4) is 0 Å². The van der Waals surface area contributed by atoms with Crippen molar-refractivity contribution in [3.05, 3.63) is 60.7 Å². The molecule has 0 aromatic heterocycles. The summed E-state index contributed by atoms with van der Waals surface area (Å²) in [5.41, 5.74) is 0. The molecule has 0 atom stereocenters. The molecule has 0 saturated heterocycles. The zero-order valence-electron chi connectivity index (χ0n) is 14.3. The Hall–Kier alpha value is -1.14. The molecule has 1 N–H and O–H groups in total. The number of sulfonamides is 1. The van der Waals surface area contributed by atoms with Crippen LogP contribution in [0.1, 0.15) is 20.8 Å². The Kier molecular flexibility index (Phi) is 5.91. The summed E-state index contributed by atoms with van der Waals surface area (Å²) in [6.45, 7) is 6.30. The first-order valence-corrected chi connectivity index (χ1v) is 12.1. The molecule has 0 amide bonds. The Morgan fingerprint density at radius 3 is 1.67 bits per heavy atom. The van der Waals surface area contributed by atoms with Crippen LogP contribution in [0.2, 0.25) is 5.04 Å². The summed E-state index contributed by atoms with van der Waals surface area (Å²) in [4.78, 5) is 0. The van der Waals surface area contributed by atoms with E-state index in [9.17, 15) is 8.42 Å². The topological polar surface area (TPSA) is 46.2 Å². The van der Waals surface area contributed by atoms with E-state index in [0.717, 1.165) is 10.4 Å². The molecule has 130 valence electrons. The monoisotopic (exact) mass is 381 g/mol. The maximum atomic E-state index is 12.7. The van der Waals surface area contributed by atoms with Crippen molar-refractivity contribution in [2.75, 3.05) is 11.6 Å². The lowest BCUT2D eigenvalue weighted by Crippen LogP contribution is -2.75. The first kappa shape index (κ1) is 19.2. The van der Waals surface area contributed by atoms with Gasteiger partial charge < -0.3 is 0 Å². The zero-order valence-corrected chi connectivity index (χ0v) is 16.9. The van der Waals surface area contributed by atoms with Crippen LogP contribution in [0.25, 0.3) is 0 Å². The van der Waals surface area contributed by atoms with Gasteiger partial charge in [0, 0.05) is 5.88 Å². The molecular formula is C18H24ClNO2SSi. The van der Waals surface area contributed by atoms with E-state index in [1.807, 2.05) is 60.7 Å². The van der Waals surface area contributed by atoms with Crippen LogP contribution in [0.15, 0.2) is 60.7 Å². The van der Waals surface area contributed by atoms with E-state index in [-0.39, 0.29) is 16.7 Å². The summed E-state index contributed by atoms with van der Waals surface area (Å²) in [6, 6.07) is 19.8. The summed E-state index contributed by atoms with van der Waals surface area (Å²) in [5, 5.41) is 1.82. The van der Waals surface area contributed by atoms with E-state index in [1.54, 1.807) is 0 Å². The Bertz CT molecular complexity index is 719. The molecule has 2 aromatic carbocycles. The molecule has 0 heterocycles. The number of hydrogen-bond acceptors (Lipinski definition) is 2. The fraction of sp³-hybridized carbons (Fsp3) is 0.333. The van der Waals surface area contributed by atoms with E-state index in [2.05, 4.69) is 25.2 Å². The van der Waals surface area contributed by atoms with Gasteiger partial charge in [-0.3, -0.25) is 0 Å². The third-order valence-corrected chi connectivity index (χ3v) is 12.5. The molecule has 0 unspecified atom stereocenters. The number of halogens is 1. The molecule has 24 heavy (non-hydrogen) atoms. The van der Waals surface area contributed by atoms with Gasteiger partial charge in [0.25, 0.3) is 0 Å². The van der Waals surface area contributed by atoms with Crippen LogP contribution in [-0.4, -0.2) is 28.3 Å². The van der Waals surface area contributed by atoms with Gasteiger partial charge in [-0.05, 0) is 15.4 Å². The highest BCUT2D eigenvalue weighted by molar-refractivity contribution is 7.91. The lowest BCUT2D eigenvalue weighted by Gasteiger charge is -2.43. The maximum Gasteiger partial charge on any atom is 0.210 e. The van der Waals surface area contributed by atoms with Crippen molar-refractivity contribution in [2.24, 2.45) is 0 Å². The van der Waals surface area contributed by atoms with Crippen LogP contribution in [0, 0.1) is 0 Å². The van der Waals surface area contributed by atoms with Gasteiger partial charge in [0.2, 0.25) is 18.3 Å². The Labute approximate surface area is 151 Å². The Morgan fingerprint density at radius 1 is 0.917 bits per heavy atom. The maximum absolute atomic E-state index is 12.7. The Balaban J connectivity index is 2.76. The van der Waals surface area contributed by atoms with Crippen LogP contribution in [0.3, 0.4) is 0 Å². The second-order valence-corrected chi connectivity index (χ2v) is 13.8. The molecule has 6 heteroatoms. The normalized spacial score (nSPS) is 13.0. The highest BCUT2D eigenvalue weighted by atomic mass is 35.5. The van der Waals surface area contributed by atoms with Gasteiger partial charge in [-0.1, -0.05) is 81.4 Å². The molecule has 0 aliphatic carbocycles. The van der Waals surface area contributed by atoms with Crippen LogP contribution in [0.5, 0.6) is 0 Å². The van der Waals surface area contributed by atoms with Crippen molar-refractivity contribution in [3.63, 3.8) is 0 Å². The minimum Gasteiger partial charge on any atom is -0.227 e. The van der Waals surface area contributed by atoms with Crippen LogP contribution < -0.4 is 14.8 Å². The van der Waals surface area contributed by atoms with E-state index in [0.29, 0.717) is 0 Å². The highest BCUT2D eigenvalue weighted by Crippen LogP contribution is 2.34. The fourth-order valence-electron chi connectivity index (χ4n) is 3.07. The van der Waals surface area contributed by atoms with Crippen molar-refractivity contribution < 1.29 is 8.42 Å². The molecule has 0 fully saturated rings. The molecule has 0 saturated carbocycles. The quantitative estimate of drug-likeness (QED) is 0.617. The molecule has 0 radical (unpaired) electrons. The molecule has 3 nitrogen and oxygen atoms in total. The number of hydrogen-bond donors (Lipinski definition) is 1. The number of nitrogens with one attached hydrogen (secondary N) is 1. The predicted octanol–water partition coefficient (Wildman–Crippen LogP) is 2.70. The number of alkyl halides is 1. The zero-order chi connectivity index (χ0) is 17.8. The first-order chi connectivity index (χ1) is 11.2. The van der Waals surface area contributed by atoms with Gasteiger partial charge in [0.05, 0.1) is 5.75 Å². The van der Waals surface area contributed by atoms with E-state index in [1.165, 1.54) is 0 Å². The van der Waals surface area contributed by atoms with Crippen molar-refractivity contribution >= 4 is 40.2 Å². The van der Waals surface area contributed by atoms with Crippen LogP contribution >= 0.6 is 11.6 Å². The lowest BCUT2D eigenvalue weighted by atomic mass is 10.2. The molecule has 2 aromatic rings. The Morgan fingerprint density at radius 2 is 1.33 bits per heavy atom. The van der Waals surface area contributed by atoms with E-state index in [4.69, 9.17) is 11.6 Å². The van der Waals surface area contributed by atoms with Crippen molar-refractivity contribution in [2.45, 2.75) is 25.8 Å². The summed E-state index contributed by atoms with van der Waals surface area (Å²) in [5.74, 6) is -0.00735. The van der Waals surface area contributed by atoms with Crippen LogP contribution in [-0.2, 0) is 10.0 Å². The predicted molar refractivity (Wildman–Crippen MR) is 105 cm³/mol. The summed E-state index contributed by atoms with van der Waals surface area (Å²) in [6.07, 6.45) is 0. The van der Waals surface area contributed by atoms with Gasteiger partial charge in [-0.2, -0.15) is 0 Å². The van der Waals surface area contributed by atoms with Crippen molar-refractivity contribution in [1.29, 1.82) is 0 Å². The lowest BCUT2D eigenvalue weighted by molar-refractivity contribution is 0.591. The van der Waals surface area contributed by atoms with Crippen LogP contribution in [0.4, 0.5) is 0 Å². The summed E-state index contributed by atoms with van der Waals surface area (Å²) < 4.78 is 28.5. The van der Waals surface area contributed by atoms with Gasteiger partial charge in [-0.15, -0.1) is 11.6 Å². The molecule has 0 aliphatic rings. The second kappa shape index (κ2) is 7.40. The minimum absolute atomic E-state index is 0.0769. The molecule has 0 aliphatic heterocycles. The fourth-order valence-corrected chi connectivity index (χ4v) is 11.8. The van der Waals surface area contributed by atoms with Gasteiger partial charge in [-0.25, -0.2) is 12.8 Å². The standard InChI is InChI=1S/C18H24ClNO2SSi/c1-18(2,3)24(16-10-6-4-7-11-16,17-12-8-5-9-13-17)20-23(21,22)15-14-19/h4-13,20H,14-15H2,1-3H3. The second-order valence-electron chi connectivity index (χ2n) is 6.84. The summed E-state index contributed by atoms with van der Waals surface area (Å²) in [7, 11) is -6.31.